The predicted molar refractivity (Wildman–Crippen MR) is 75.6 cm³/mol. The minimum Gasteiger partial charge on any atom is -0.340 e. The molecular weight excluding hydrogens is 238 g/mol. The molecule has 0 aromatic rings. The first-order valence-electron chi connectivity index (χ1n) is 7.99. The van der Waals surface area contributed by atoms with Crippen molar-refractivity contribution < 1.29 is 4.79 Å². The highest BCUT2D eigenvalue weighted by Crippen LogP contribution is 2.48. The molecule has 4 heteroatoms. The number of carbonyl (C=O) groups is 1. The molecule has 0 spiro atoms. The lowest BCUT2D eigenvalue weighted by molar-refractivity contribution is -0.139. The van der Waals surface area contributed by atoms with Crippen LogP contribution in [0.1, 0.15) is 32.1 Å². The summed E-state index contributed by atoms with van der Waals surface area (Å²) in [6, 6.07) is 0. The van der Waals surface area contributed by atoms with Crippen LogP contribution in [0.25, 0.3) is 0 Å². The molecule has 0 aromatic heterocycles. The monoisotopic (exact) mass is 265 g/mol. The molecule has 2 bridgehead atoms. The molecular formula is C15H27N3O. The molecule has 3 atom stereocenters. The van der Waals surface area contributed by atoms with E-state index < -0.39 is 0 Å². The SMILES string of the molecule is NCCCN1CCN(C(=O)C2CC3CCC2C3)CC1. The van der Waals surface area contributed by atoms with E-state index in [0.717, 1.165) is 51.6 Å². The van der Waals surface area contributed by atoms with Gasteiger partial charge in [0.2, 0.25) is 5.91 Å². The van der Waals surface area contributed by atoms with E-state index in [1.54, 1.807) is 0 Å². The van der Waals surface area contributed by atoms with Crippen LogP contribution in [0.3, 0.4) is 0 Å². The highest BCUT2D eigenvalue weighted by atomic mass is 16.2. The van der Waals surface area contributed by atoms with Crippen molar-refractivity contribution in [3.63, 3.8) is 0 Å². The highest BCUT2D eigenvalue weighted by molar-refractivity contribution is 5.79. The van der Waals surface area contributed by atoms with Gasteiger partial charge in [-0.2, -0.15) is 0 Å². The minimum atomic E-state index is 0.370. The second-order valence-corrected chi connectivity index (χ2v) is 6.59. The van der Waals surface area contributed by atoms with Crippen LogP contribution in [-0.4, -0.2) is 55.0 Å². The number of amides is 1. The second-order valence-electron chi connectivity index (χ2n) is 6.59. The summed E-state index contributed by atoms with van der Waals surface area (Å²) < 4.78 is 0. The fourth-order valence-corrected chi connectivity index (χ4v) is 4.29. The third kappa shape index (κ3) is 2.79. The number of fused-ring (bicyclic) bond motifs is 2. The van der Waals surface area contributed by atoms with Crippen LogP contribution in [0.5, 0.6) is 0 Å². The molecule has 0 radical (unpaired) electrons. The van der Waals surface area contributed by atoms with E-state index in [9.17, 15) is 4.79 Å². The summed E-state index contributed by atoms with van der Waals surface area (Å²) in [5.74, 6) is 2.41. The lowest BCUT2D eigenvalue weighted by Gasteiger charge is -2.37. The summed E-state index contributed by atoms with van der Waals surface area (Å²) in [4.78, 5) is 17.2. The smallest absolute Gasteiger partial charge is 0.226 e. The summed E-state index contributed by atoms with van der Waals surface area (Å²) >= 11 is 0. The normalized spacial score (nSPS) is 35.0. The van der Waals surface area contributed by atoms with Gasteiger partial charge >= 0.3 is 0 Å². The van der Waals surface area contributed by atoms with E-state index in [1.807, 2.05) is 0 Å². The van der Waals surface area contributed by atoms with Gasteiger partial charge in [-0.25, -0.2) is 0 Å². The highest BCUT2D eigenvalue weighted by Gasteiger charge is 2.44. The molecule has 108 valence electrons. The number of carbonyl (C=O) groups excluding carboxylic acids is 1. The molecule has 2 N–H and O–H groups in total. The summed E-state index contributed by atoms with van der Waals surface area (Å²) in [7, 11) is 0. The third-order valence-corrected chi connectivity index (χ3v) is 5.42. The third-order valence-electron chi connectivity index (χ3n) is 5.42. The molecule has 1 amide bonds. The first-order valence-corrected chi connectivity index (χ1v) is 7.99. The standard InChI is InChI=1S/C15H27N3O/c16-4-1-5-17-6-8-18(9-7-17)15(19)14-11-12-2-3-13(14)10-12/h12-14H,1-11,16H2. The van der Waals surface area contributed by atoms with E-state index in [-0.39, 0.29) is 0 Å². The Morgan fingerprint density at radius 1 is 1.11 bits per heavy atom. The average Bonchev–Trinajstić information content (AvgIpc) is 3.07. The molecule has 1 aliphatic heterocycles. The Labute approximate surface area is 116 Å². The maximum atomic E-state index is 12.6. The number of hydrogen-bond acceptors (Lipinski definition) is 3. The molecule has 19 heavy (non-hydrogen) atoms. The lowest BCUT2D eigenvalue weighted by atomic mass is 9.87. The maximum Gasteiger partial charge on any atom is 0.226 e. The Hall–Kier alpha value is -0.610. The van der Waals surface area contributed by atoms with Gasteiger partial charge in [-0.3, -0.25) is 9.69 Å². The van der Waals surface area contributed by atoms with Gasteiger partial charge in [0.15, 0.2) is 0 Å². The summed E-state index contributed by atoms with van der Waals surface area (Å²) in [5.41, 5.74) is 5.55. The molecule has 3 unspecified atom stereocenters. The van der Waals surface area contributed by atoms with Crippen molar-refractivity contribution in [1.29, 1.82) is 0 Å². The molecule has 3 fully saturated rings. The van der Waals surface area contributed by atoms with Gasteiger partial charge in [0.1, 0.15) is 0 Å². The Morgan fingerprint density at radius 2 is 1.89 bits per heavy atom. The molecule has 1 heterocycles. The molecule has 1 saturated heterocycles. The molecule has 2 saturated carbocycles. The number of hydrogen-bond donors (Lipinski definition) is 1. The molecule has 3 rings (SSSR count). The van der Waals surface area contributed by atoms with Gasteiger partial charge in [-0.1, -0.05) is 6.42 Å². The van der Waals surface area contributed by atoms with Gasteiger partial charge in [0, 0.05) is 32.1 Å². The van der Waals surface area contributed by atoms with Gasteiger partial charge in [0.25, 0.3) is 0 Å². The van der Waals surface area contributed by atoms with Crippen LogP contribution in [0, 0.1) is 17.8 Å². The predicted octanol–water partition coefficient (Wildman–Crippen LogP) is 0.916. The second kappa shape index (κ2) is 5.80. The topological polar surface area (TPSA) is 49.6 Å². The minimum absolute atomic E-state index is 0.370. The van der Waals surface area contributed by atoms with E-state index in [1.165, 1.54) is 25.7 Å². The fourth-order valence-electron chi connectivity index (χ4n) is 4.29. The van der Waals surface area contributed by atoms with E-state index in [4.69, 9.17) is 5.73 Å². The first-order chi connectivity index (χ1) is 9.28. The van der Waals surface area contributed by atoms with Crippen LogP contribution in [0.15, 0.2) is 0 Å². The Kier molecular flexibility index (Phi) is 4.08. The Balaban J connectivity index is 1.47. The van der Waals surface area contributed by atoms with Crippen molar-refractivity contribution in [2.75, 3.05) is 39.3 Å². The van der Waals surface area contributed by atoms with Crippen molar-refractivity contribution in [1.82, 2.24) is 9.80 Å². The summed E-state index contributed by atoms with van der Waals surface area (Å²) in [5, 5.41) is 0. The zero-order chi connectivity index (χ0) is 13.2. The first kappa shape index (κ1) is 13.4. The van der Waals surface area contributed by atoms with Crippen molar-refractivity contribution in [3.8, 4) is 0 Å². The zero-order valence-corrected chi connectivity index (χ0v) is 11.9. The maximum absolute atomic E-state index is 12.6. The molecule has 0 aromatic carbocycles. The molecule has 2 aliphatic carbocycles. The van der Waals surface area contributed by atoms with E-state index >= 15 is 0 Å². The van der Waals surface area contributed by atoms with E-state index in [0.29, 0.717) is 17.7 Å². The zero-order valence-electron chi connectivity index (χ0n) is 11.9. The van der Waals surface area contributed by atoms with Crippen molar-refractivity contribution in [2.24, 2.45) is 23.5 Å². The largest absolute Gasteiger partial charge is 0.340 e. The summed E-state index contributed by atoms with van der Waals surface area (Å²) in [6.07, 6.45) is 6.25. The van der Waals surface area contributed by atoms with Gasteiger partial charge in [-0.05, 0) is 50.6 Å². The number of nitrogens with zero attached hydrogens (tertiary/aromatic N) is 2. The fraction of sp³-hybridized carbons (Fsp3) is 0.933. The average molecular weight is 265 g/mol. The van der Waals surface area contributed by atoms with E-state index in [2.05, 4.69) is 9.80 Å². The van der Waals surface area contributed by atoms with Crippen molar-refractivity contribution >= 4 is 5.91 Å². The molecule has 3 aliphatic rings. The lowest BCUT2D eigenvalue weighted by Crippen LogP contribution is -2.51. The van der Waals surface area contributed by atoms with Crippen molar-refractivity contribution in [3.05, 3.63) is 0 Å². The van der Waals surface area contributed by atoms with Crippen LogP contribution >= 0.6 is 0 Å². The van der Waals surface area contributed by atoms with Crippen LogP contribution in [0.4, 0.5) is 0 Å². The van der Waals surface area contributed by atoms with Crippen LogP contribution in [-0.2, 0) is 4.79 Å². The van der Waals surface area contributed by atoms with Gasteiger partial charge < -0.3 is 10.6 Å². The number of piperazine rings is 1. The van der Waals surface area contributed by atoms with Gasteiger partial charge in [-0.15, -0.1) is 0 Å². The van der Waals surface area contributed by atoms with Crippen LogP contribution < -0.4 is 5.73 Å². The van der Waals surface area contributed by atoms with Crippen LogP contribution in [0.2, 0.25) is 0 Å². The summed E-state index contributed by atoms with van der Waals surface area (Å²) in [6.45, 7) is 5.78. The quantitative estimate of drug-likeness (QED) is 0.822. The van der Waals surface area contributed by atoms with Gasteiger partial charge in [0.05, 0.1) is 0 Å². The Morgan fingerprint density at radius 3 is 2.47 bits per heavy atom. The molecule has 4 nitrogen and oxygen atoms in total. The number of rotatable bonds is 4. The Bertz CT molecular complexity index is 325. The number of nitrogens with two attached hydrogens (primary N) is 1. The van der Waals surface area contributed by atoms with Crippen molar-refractivity contribution in [2.45, 2.75) is 32.1 Å².